The second-order valence-corrected chi connectivity index (χ2v) is 7.01. The van der Waals surface area contributed by atoms with Gasteiger partial charge in [0.25, 0.3) is 5.91 Å². The van der Waals surface area contributed by atoms with Crippen molar-refractivity contribution >= 4 is 29.2 Å². The van der Waals surface area contributed by atoms with Crippen LogP contribution in [0.15, 0.2) is 42.5 Å². The van der Waals surface area contributed by atoms with E-state index in [1.807, 2.05) is 6.07 Å². The van der Waals surface area contributed by atoms with E-state index >= 15 is 0 Å². The van der Waals surface area contributed by atoms with Crippen molar-refractivity contribution in [2.24, 2.45) is 0 Å². The van der Waals surface area contributed by atoms with Gasteiger partial charge in [-0.25, -0.2) is 0 Å². The highest BCUT2D eigenvalue weighted by Gasteiger charge is 2.19. The molecule has 0 radical (unpaired) electrons. The van der Waals surface area contributed by atoms with E-state index in [0.717, 1.165) is 24.8 Å². The van der Waals surface area contributed by atoms with Gasteiger partial charge in [-0.3, -0.25) is 14.4 Å². The molecule has 0 fully saturated rings. The number of amides is 2. The first-order valence-corrected chi connectivity index (χ1v) is 9.39. The summed E-state index contributed by atoms with van der Waals surface area (Å²) in [6, 6.07) is 12.8. The topological polar surface area (TPSA) is 84.5 Å². The average molecular weight is 380 g/mol. The molecule has 1 aliphatic rings. The molecule has 3 rings (SSSR count). The Hall–Kier alpha value is -3.15. The van der Waals surface area contributed by atoms with Gasteiger partial charge < -0.3 is 15.4 Å². The minimum Gasteiger partial charge on any atom is -0.452 e. The van der Waals surface area contributed by atoms with E-state index in [2.05, 4.69) is 22.8 Å². The zero-order valence-electron chi connectivity index (χ0n) is 16.1. The zero-order chi connectivity index (χ0) is 20.1. The predicted octanol–water partition coefficient (Wildman–Crippen LogP) is 3.25. The minimum atomic E-state index is -0.906. The lowest BCUT2D eigenvalue weighted by atomic mass is 10.0. The highest BCUT2D eigenvalue weighted by Crippen LogP contribution is 2.23. The fraction of sp³-hybridized carbons (Fsp3) is 0.318. The third-order valence-corrected chi connectivity index (χ3v) is 4.66. The summed E-state index contributed by atoms with van der Waals surface area (Å²) in [6.45, 7) is 2.97. The first kappa shape index (κ1) is 19.6. The van der Waals surface area contributed by atoms with Crippen molar-refractivity contribution in [1.29, 1.82) is 0 Å². The second kappa shape index (κ2) is 8.69. The van der Waals surface area contributed by atoms with E-state index in [9.17, 15) is 14.4 Å². The van der Waals surface area contributed by atoms with E-state index in [4.69, 9.17) is 4.74 Å². The van der Waals surface area contributed by atoms with Crippen LogP contribution in [0.1, 0.15) is 37.0 Å². The van der Waals surface area contributed by atoms with Gasteiger partial charge >= 0.3 is 5.97 Å². The number of ether oxygens (including phenoxy) is 1. The number of aryl methyl sites for hydroxylation is 2. The Kier molecular flexibility index (Phi) is 6.09. The summed E-state index contributed by atoms with van der Waals surface area (Å²) in [5, 5.41) is 5.35. The van der Waals surface area contributed by atoms with Crippen LogP contribution in [0.4, 0.5) is 11.4 Å². The third kappa shape index (κ3) is 5.19. The number of carbonyl (C=O) groups is 3. The first-order chi connectivity index (χ1) is 13.4. The Balaban J connectivity index is 1.50. The number of anilines is 2. The van der Waals surface area contributed by atoms with Crippen LogP contribution in [0, 0.1) is 0 Å². The molecule has 0 bridgehead atoms. The summed E-state index contributed by atoms with van der Waals surface area (Å²) in [7, 11) is 0. The fourth-order valence-electron chi connectivity index (χ4n) is 3.28. The number of benzene rings is 2. The van der Waals surface area contributed by atoms with Crippen molar-refractivity contribution in [1.82, 2.24) is 0 Å². The maximum absolute atomic E-state index is 12.3. The normalized spacial score (nSPS) is 13.4. The molecule has 2 aromatic rings. The predicted molar refractivity (Wildman–Crippen MR) is 107 cm³/mol. The van der Waals surface area contributed by atoms with Crippen LogP contribution in [0.3, 0.4) is 0 Å². The van der Waals surface area contributed by atoms with E-state index in [1.54, 1.807) is 31.2 Å². The molecule has 1 atom stereocenters. The largest absolute Gasteiger partial charge is 0.452 e. The summed E-state index contributed by atoms with van der Waals surface area (Å²) >= 11 is 0. The first-order valence-electron chi connectivity index (χ1n) is 9.39. The van der Waals surface area contributed by atoms with Gasteiger partial charge in [0, 0.05) is 18.3 Å². The molecule has 6 heteroatoms. The molecule has 0 unspecified atom stereocenters. The van der Waals surface area contributed by atoms with Crippen LogP contribution in [0.25, 0.3) is 0 Å². The Morgan fingerprint density at radius 3 is 2.29 bits per heavy atom. The van der Waals surface area contributed by atoms with Crippen molar-refractivity contribution in [2.75, 3.05) is 10.6 Å². The molecular weight excluding hydrogens is 356 g/mol. The lowest BCUT2D eigenvalue weighted by Gasteiger charge is -2.14. The number of hydrogen-bond donors (Lipinski definition) is 2. The second-order valence-electron chi connectivity index (χ2n) is 7.01. The van der Waals surface area contributed by atoms with Gasteiger partial charge in [-0.15, -0.1) is 0 Å². The van der Waals surface area contributed by atoms with Crippen LogP contribution in [0.2, 0.25) is 0 Å². The summed E-state index contributed by atoms with van der Waals surface area (Å²) in [6.07, 6.45) is 2.56. The van der Waals surface area contributed by atoms with Gasteiger partial charge in [-0.2, -0.15) is 0 Å². The molecule has 28 heavy (non-hydrogen) atoms. The van der Waals surface area contributed by atoms with Crippen molar-refractivity contribution in [3.8, 4) is 0 Å². The van der Waals surface area contributed by atoms with Gasteiger partial charge in [-0.05, 0) is 67.1 Å². The van der Waals surface area contributed by atoms with Gasteiger partial charge in [0.1, 0.15) is 0 Å². The van der Waals surface area contributed by atoms with E-state index < -0.39 is 18.0 Å². The van der Waals surface area contributed by atoms with Crippen molar-refractivity contribution in [3.63, 3.8) is 0 Å². The number of rotatable bonds is 6. The maximum atomic E-state index is 12.3. The monoisotopic (exact) mass is 380 g/mol. The van der Waals surface area contributed by atoms with Crippen LogP contribution in [-0.4, -0.2) is 23.9 Å². The number of nitrogens with one attached hydrogen (secondary N) is 2. The van der Waals surface area contributed by atoms with Crippen LogP contribution >= 0.6 is 0 Å². The van der Waals surface area contributed by atoms with E-state index in [1.165, 1.54) is 18.1 Å². The van der Waals surface area contributed by atoms with Crippen molar-refractivity contribution in [3.05, 3.63) is 59.2 Å². The Morgan fingerprint density at radius 2 is 1.61 bits per heavy atom. The minimum absolute atomic E-state index is 0.149. The fourth-order valence-corrected chi connectivity index (χ4v) is 3.28. The highest BCUT2D eigenvalue weighted by atomic mass is 16.5. The third-order valence-electron chi connectivity index (χ3n) is 4.66. The Labute approximate surface area is 164 Å². The molecule has 2 amide bonds. The molecule has 0 heterocycles. The van der Waals surface area contributed by atoms with Crippen LogP contribution < -0.4 is 10.6 Å². The highest BCUT2D eigenvalue weighted by molar-refractivity contribution is 5.95. The van der Waals surface area contributed by atoms with E-state index in [-0.39, 0.29) is 12.3 Å². The van der Waals surface area contributed by atoms with Crippen molar-refractivity contribution < 1.29 is 19.1 Å². The van der Waals surface area contributed by atoms with Gasteiger partial charge in [0.05, 0.1) is 6.42 Å². The van der Waals surface area contributed by atoms with Crippen LogP contribution in [0.5, 0.6) is 0 Å². The molecule has 2 N–H and O–H groups in total. The van der Waals surface area contributed by atoms with Crippen LogP contribution in [-0.2, 0) is 38.4 Å². The number of hydrogen-bond acceptors (Lipinski definition) is 4. The lowest BCUT2D eigenvalue weighted by molar-refractivity contribution is -0.152. The standard InChI is InChI=1S/C22H24N2O4/c1-14(22(27)24-20-10-8-19(9-11-20)23-15(2)25)28-21(26)13-16-6-7-17-4-3-5-18(17)12-16/h6-12,14H,3-5,13H2,1-2H3,(H,23,25)(H,24,27)/t14-/m0/s1. The molecule has 0 saturated heterocycles. The molecule has 0 spiro atoms. The molecule has 1 aliphatic carbocycles. The van der Waals surface area contributed by atoms with Crippen molar-refractivity contribution in [2.45, 2.75) is 45.6 Å². The summed E-state index contributed by atoms with van der Waals surface area (Å²) in [5.74, 6) is -1.00. The molecule has 0 aromatic heterocycles. The van der Waals surface area contributed by atoms with Gasteiger partial charge in [-0.1, -0.05) is 18.2 Å². The zero-order valence-corrected chi connectivity index (χ0v) is 16.1. The molecule has 2 aromatic carbocycles. The summed E-state index contributed by atoms with van der Waals surface area (Å²) < 4.78 is 5.28. The average Bonchev–Trinajstić information content (AvgIpc) is 3.10. The SMILES string of the molecule is CC(=O)Nc1ccc(NC(=O)[C@H](C)OC(=O)Cc2ccc3c(c2)CCC3)cc1. The van der Waals surface area contributed by atoms with E-state index in [0.29, 0.717) is 11.4 Å². The quantitative estimate of drug-likeness (QED) is 0.754. The van der Waals surface area contributed by atoms with Gasteiger partial charge in [0.2, 0.25) is 5.91 Å². The Morgan fingerprint density at radius 1 is 0.964 bits per heavy atom. The number of fused-ring (bicyclic) bond motifs is 1. The number of esters is 1. The summed E-state index contributed by atoms with van der Waals surface area (Å²) in [5.41, 5.74) is 4.76. The van der Waals surface area contributed by atoms with Gasteiger partial charge in [0.15, 0.2) is 6.10 Å². The molecule has 0 aliphatic heterocycles. The summed E-state index contributed by atoms with van der Waals surface area (Å²) in [4.78, 5) is 35.5. The molecule has 6 nitrogen and oxygen atoms in total. The Bertz CT molecular complexity index is 890. The smallest absolute Gasteiger partial charge is 0.311 e. The molecule has 0 saturated carbocycles. The molecule has 146 valence electrons. The molecular formula is C22H24N2O4. The lowest BCUT2D eigenvalue weighted by Crippen LogP contribution is -2.30. The maximum Gasteiger partial charge on any atom is 0.311 e. The number of carbonyl (C=O) groups excluding carboxylic acids is 3.